The van der Waals surface area contributed by atoms with Gasteiger partial charge in [0.05, 0.1) is 4.90 Å². The Labute approximate surface area is 177 Å². The number of nitrogens with one attached hydrogen (secondary N) is 1. The van der Waals surface area contributed by atoms with Crippen LogP contribution in [0.5, 0.6) is 0 Å². The summed E-state index contributed by atoms with van der Waals surface area (Å²) in [6.07, 6.45) is 0. The Morgan fingerprint density at radius 3 is 2.27 bits per heavy atom. The molecule has 1 saturated heterocycles. The zero-order valence-electron chi connectivity index (χ0n) is 16.7. The van der Waals surface area contributed by atoms with Gasteiger partial charge >= 0.3 is 0 Å². The molecule has 4 rings (SSSR count). The van der Waals surface area contributed by atoms with Gasteiger partial charge in [0.15, 0.2) is 0 Å². The molecule has 1 amide bonds. The zero-order valence-corrected chi connectivity index (χ0v) is 17.5. The van der Waals surface area contributed by atoms with Crippen molar-refractivity contribution < 1.29 is 13.2 Å². The number of carbonyl (C=O) groups is 1. The van der Waals surface area contributed by atoms with Crippen LogP contribution in [0.15, 0.2) is 77.7 Å². The predicted octanol–water partition coefficient (Wildman–Crippen LogP) is 2.58. The molecule has 1 heterocycles. The second-order valence-corrected chi connectivity index (χ2v) is 9.28. The lowest BCUT2D eigenvalue weighted by molar-refractivity contribution is 0.0946. The molecule has 30 heavy (non-hydrogen) atoms. The Morgan fingerprint density at radius 2 is 1.50 bits per heavy atom. The molecule has 1 aliphatic rings. The lowest BCUT2D eigenvalue weighted by Crippen LogP contribution is -2.50. The number of fused-ring (bicyclic) bond motifs is 1. The van der Waals surface area contributed by atoms with E-state index in [-0.39, 0.29) is 5.91 Å². The molecule has 6 nitrogen and oxygen atoms in total. The summed E-state index contributed by atoms with van der Waals surface area (Å²) in [5.41, 5.74) is 0.673. The standard InChI is InChI=1S/C23H25N3O3S/c27-23(22-12-6-8-19-7-4-5-11-21(19)22)24-13-14-25-15-17-26(18-16-25)30(28,29)20-9-2-1-3-10-20/h1-12H,13-18H2,(H,24,27). The zero-order chi connectivity index (χ0) is 21.0. The largest absolute Gasteiger partial charge is 0.351 e. The van der Waals surface area contributed by atoms with Crippen LogP contribution in [0.3, 0.4) is 0 Å². The number of rotatable bonds is 6. The third-order valence-electron chi connectivity index (χ3n) is 5.46. The maximum Gasteiger partial charge on any atom is 0.251 e. The molecule has 156 valence electrons. The lowest BCUT2D eigenvalue weighted by atomic mass is 10.0. The second-order valence-electron chi connectivity index (χ2n) is 7.34. The molecule has 0 unspecified atom stereocenters. The molecular formula is C23H25N3O3S. The number of sulfonamides is 1. The van der Waals surface area contributed by atoms with Crippen molar-refractivity contribution in [3.05, 3.63) is 78.4 Å². The van der Waals surface area contributed by atoms with Crippen LogP contribution in [-0.4, -0.2) is 62.8 Å². The quantitative estimate of drug-likeness (QED) is 0.662. The van der Waals surface area contributed by atoms with Crippen molar-refractivity contribution in [2.24, 2.45) is 0 Å². The van der Waals surface area contributed by atoms with Crippen molar-refractivity contribution in [2.75, 3.05) is 39.3 Å². The Kier molecular flexibility index (Phi) is 6.13. The van der Waals surface area contributed by atoms with Gasteiger partial charge in [-0.1, -0.05) is 54.6 Å². The average molecular weight is 424 g/mol. The Morgan fingerprint density at radius 1 is 0.833 bits per heavy atom. The maximum absolute atomic E-state index is 12.7. The van der Waals surface area contributed by atoms with Crippen LogP contribution in [-0.2, 0) is 10.0 Å². The SMILES string of the molecule is O=C(NCCN1CCN(S(=O)(=O)c2ccccc2)CC1)c1cccc2ccccc12. The molecule has 0 saturated carbocycles. The summed E-state index contributed by atoms with van der Waals surface area (Å²) < 4.78 is 27.0. The van der Waals surface area contributed by atoms with Crippen molar-refractivity contribution in [1.82, 2.24) is 14.5 Å². The number of amides is 1. The highest BCUT2D eigenvalue weighted by molar-refractivity contribution is 7.89. The first-order valence-corrected chi connectivity index (χ1v) is 11.5. The fourth-order valence-electron chi connectivity index (χ4n) is 3.78. The van der Waals surface area contributed by atoms with Crippen LogP contribution in [0.2, 0.25) is 0 Å². The van der Waals surface area contributed by atoms with Crippen LogP contribution in [0, 0.1) is 0 Å². The Bertz CT molecular complexity index is 1120. The van der Waals surface area contributed by atoms with Crippen molar-refractivity contribution in [3.63, 3.8) is 0 Å². The first-order chi connectivity index (χ1) is 14.6. The summed E-state index contributed by atoms with van der Waals surface area (Å²) >= 11 is 0. The van der Waals surface area contributed by atoms with Crippen molar-refractivity contribution in [2.45, 2.75) is 4.90 Å². The van der Waals surface area contributed by atoms with Crippen LogP contribution in [0.25, 0.3) is 10.8 Å². The van der Waals surface area contributed by atoms with Gasteiger partial charge in [-0.3, -0.25) is 9.69 Å². The third-order valence-corrected chi connectivity index (χ3v) is 7.37. The van der Waals surface area contributed by atoms with Gasteiger partial charge in [0.25, 0.3) is 5.91 Å². The van der Waals surface area contributed by atoms with Gasteiger partial charge in [-0.15, -0.1) is 0 Å². The molecule has 1 aliphatic heterocycles. The molecular weight excluding hydrogens is 398 g/mol. The normalized spacial score (nSPS) is 15.9. The molecule has 0 spiro atoms. The van der Waals surface area contributed by atoms with Gasteiger partial charge in [0, 0.05) is 44.8 Å². The van der Waals surface area contributed by atoms with Gasteiger partial charge in [0.1, 0.15) is 0 Å². The smallest absolute Gasteiger partial charge is 0.251 e. The molecule has 1 N–H and O–H groups in total. The van der Waals surface area contributed by atoms with E-state index in [1.54, 1.807) is 24.3 Å². The number of hydrogen-bond acceptors (Lipinski definition) is 4. The van der Waals surface area contributed by atoms with Crippen molar-refractivity contribution in [3.8, 4) is 0 Å². The number of carbonyl (C=O) groups excluding carboxylic acids is 1. The molecule has 3 aromatic carbocycles. The van der Waals surface area contributed by atoms with Crippen LogP contribution in [0.1, 0.15) is 10.4 Å². The van der Waals surface area contributed by atoms with E-state index < -0.39 is 10.0 Å². The lowest BCUT2D eigenvalue weighted by Gasteiger charge is -2.33. The van der Waals surface area contributed by atoms with Crippen molar-refractivity contribution >= 4 is 26.7 Å². The van der Waals surface area contributed by atoms with E-state index >= 15 is 0 Å². The van der Waals surface area contributed by atoms with E-state index in [0.717, 1.165) is 10.8 Å². The topological polar surface area (TPSA) is 69.7 Å². The fourth-order valence-corrected chi connectivity index (χ4v) is 5.22. The minimum atomic E-state index is -3.44. The summed E-state index contributed by atoms with van der Waals surface area (Å²) in [6.45, 7) is 3.42. The highest BCUT2D eigenvalue weighted by Crippen LogP contribution is 2.19. The van der Waals surface area contributed by atoms with E-state index in [1.807, 2.05) is 48.5 Å². The number of benzene rings is 3. The van der Waals surface area contributed by atoms with Crippen LogP contribution < -0.4 is 5.32 Å². The summed E-state index contributed by atoms with van der Waals surface area (Å²) in [7, 11) is -3.44. The Hall–Kier alpha value is -2.74. The van der Waals surface area contributed by atoms with Gasteiger partial charge in [-0.05, 0) is 29.0 Å². The van der Waals surface area contributed by atoms with Gasteiger partial charge in [0.2, 0.25) is 10.0 Å². The molecule has 0 bridgehead atoms. The van der Waals surface area contributed by atoms with Crippen LogP contribution >= 0.6 is 0 Å². The number of piperazine rings is 1. The van der Waals surface area contributed by atoms with Gasteiger partial charge < -0.3 is 5.32 Å². The first-order valence-electron chi connectivity index (χ1n) is 10.1. The molecule has 7 heteroatoms. The summed E-state index contributed by atoms with van der Waals surface area (Å²) in [5, 5.41) is 4.98. The fraction of sp³-hybridized carbons (Fsp3) is 0.261. The first kappa shape index (κ1) is 20.5. The number of hydrogen-bond donors (Lipinski definition) is 1. The van der Waals surface area contributed by atoms with E-state index in [9.17, 15) is 13.2 Å². The van der Waals surface area contributed by atoms with Gasteiger partial charge in [-0.25, -0.2) is 8.42 Å². The van der Waals surface area contributed by atoms with E-state index in [0.29, 0.717) is 49.7 Å². The minimum absolute atomic E-state index is 0.0860. The summed E-state index contributed by atoms with van der Waals surface area (Å²) in [5.74, 6) is -0.0860. The van der Waals surface area contributed by atoms with E-state index in [2.05, 4.69) is 10.2 Å². The van der Waals surface area contributed by atoms with E-state index in [1.165, 1.54) is 4.31 Å². The molecule has 3 aromatic rings. The monoisotopic (exact) mass is 423 g/mol. The number of nitrogens with zero attached hydrogens (tertiary/aromatic N) is 2. The molecule has 1 fully saturated rings. The second kappa shape index (κ2) is 8.95. The average Bonchev–Trinajstić information content (AvgIpc) is 2.79. The molecule has 0 aromatic heterocycles. The molecule has 0 aliphatic carbocycles. The van der Waals surface area contributed by atoms with Gasteiger partial charge in [-0.2, -0.15) is 4.31 Å². The predicted molar refractivity (Wildman–Crippen MR) is 118 cm³/mol. The van der Waals surface area contributed by atoms with Crippen molar-refractivity contribution in [1.29, 1.82) is 0 Å². The van der Waals surface area contributed by atoms with E-state index in [4.69, 9.17) is 0 Å². The summed E-state index contributed by atoms with van der Waals surface area (Å²) in [4.78, 5) is 15.1. The Balaban J connectivity index is 1.29. The molecule has 0 atom stereocenters. The minimum Gasteiger partial charge on any atom is -0.351 e. The highest BCUT2D eigenvalue weighted by Gasteiger charge is 2.28. The maximum atomic E-state index is 12.7. The third kappa shape index (κ3) is 4.38. The molecule has 0 radical (unpaired) electrons. The van der Waals surface area contributed by atoms with Crippen LogP contribution in [0.4, 0.5) is 0 Å². The highest BCUT2D eigenvalue weighted by atomic mass is 32.2. The summed E-state index contributed by atoms with van der Waals surface area (Å²) in [6, 6.07) is 22.1.